The van der Waals surface area contributed by atoms with Gasteiger partial charge in [-0.05, 0) is 78.2 Å². The van der Waals surface area contributed by atoms with Crippen molar-refractivity contribution in [3.63, 3.8) is 0 Å². The van der Waals surface area contributed by atoms with Crippen LogP contribution in [-0.2, 0) is 6.42 Å². The second-order valence-corrected chi connectivity index (χ2v) is 6.83. The van der Waals surface area contributed by atoms with Gasteiger partial charge in [-0.1, -0.05) is 20.3 Å². The Hall–Kier alpha value is -0.410. The molecule has 0 spiro atoms. The summed E-state index contributed by atoms with van der Waals surface area (Å²) in [6, 6.07) is 4.27. The van der Waals surface area contributed by atoms with Crippen molar-refractivity contribution in [1.29, 1.82) is 0 Å². The van der Waals surface area contributed by atoms with Crippen LogP contribution in [0.2, 0.25) is 0 Å². The molecule has 1 aliphatic carbocycles. The number of hydrogen-bond acceptors (Lipinski definition) is 2. The molecule has 1 N–H and O–H groups in total. The summed E-state index contributed by atoms with van der Waals surface area (Å²) in [5.41, 5.74) is 1.24. The minimum absolute atomic E-state index is 0.788. The van der Waals surface area contributed by atoms with Crippen molar-refractivity contribution in [3.8, 4) is 0 Å². The maximum atomic E-state index is 4.54. The highest BCUT2D eigenvalue weighted by atomic mass is 79.9. The summed E-state index contributed by atoms with van der Waals surface area (Å²) in [7, 11) is 0. The predicted molar refractivity (Wildman–Crippen MR) is 84.2 cm³/mol. The molecule has 2 rings (SSSR count). The van der Waals surface area contributed by atoms with Gasteiger partial charge >= 0.3 is 0 Å². The van der Waals surface area contributed by atoms with Crippen LogP contribution in [0.1, 0.15) is 38.8 Å². The predicted octanol–water partition coefficient (Wildman–Crippen LogP) is 4.05. The smallest absolute Gasteiger partial charge is 0.0413 e. The van der Waals surface area contributed by atoms with E-state index < -0.39 is 0 Å². The number of hydrogen-bond donors (Lipinski definition) is 1. The molecule has 1 aromatic rings. The number of pyridine rings is 1. The van der Waals surface area contributed by atoms with E-state index >= 15 is 0 Å². The largest absolute Gasteiger partial charge is 0.317 e. The van der Waals surface area contributed by atoms with E-state index in [2.05, 4.69) is 52.2 Å². The number of aromatic nitrogens is 1. The molecule has 0 aliphatic heterocycles. The first-order valence-corrected chi connectivity index (χ1v) is 8.29. The zero-order valence-electron chi connectivity index (χ0n) is 12.0. The second-order valence-electron chi connectivity index (χ2n) is 5.92. The van der Waals surface area contributed by atoms with Gasteiger partial charge in [-0.2, -0.15) is 0 Å². The lowest BCUT2D eigenvalue weighted by Gasteiger charge is -2.35. The Morgan fingerprint density at radius 1 is 1.32 bits per heavy atom. The van der Waals surface area contributed by atoms with Crippen LogP contribution >= 0.6 is 15.9 Å². The van der Waals surface area contributed by atoms with Gasteiger partial charge in [0.05, 0.1) is 0 Å². The lowest BCUT2D eigenvalue weighted by Crippen LogP contribution is -2.33. The fourth-order valence-corrected chi connectivity index (χ4v) is 3.44. The van der Waals surface area contributed by atoms with Crippen LogP contribution in [0.15, 0.2) is 22.8 Å². The lowest BCUT2D eigenvalue weighted by molar-refractivity contribution is 0.183. The molecule has 0 amide bonds. The minimum atomic E-state index is 0.788. The fraction of sp³-hybridized carbons (Fsp3) is 0.688. The van der Waals surface area contributed by atoms with E-state index in [0.29, 0.717) is 0 Å². The first-order valence-electron chi connectivity index (χ1n) is 7.50. The van der Waals surface area contributed by atoms with Crippen molar-refractivity contribution in [2.24, 2.45) is 17.8 Å². The van der Waals surface area contributed by atoms with Gasteiger partial charge < -0.3 is 5.32 Å². The zero-order valence-corrected chi connectivity index (χ0v) is 13.6. The summed E-state index contributed by atoms with van der Waals surface area (Å²) in [6.45, 7) is 6.84. The quantitative estimate of drug-likeness (QED) is 0.883. The van der Waals surface area contributed by atoms with Crippen LogP contribution in [0.5, 0.6) is 0 Å². The van der Waals surface area contributed by atoms with Crippen LogP contribution in [0.25, 0.3) is 0 Å². The molecule has 0 aromatic carbocycles. The molecule has 1 fully saturated rings. The van der Waals surface area contributed by atoms with Gasteiger partial charge in [0.25, 0.3) is 0 Å². The minimum Gasteiger partial charge on any atom is -0.317 e. The normalized spacial score (nSPS) is 27.4. The van der Waals surface area contributed by atoms with E-state index in [4.69, 9.17) is 0 Å². The molecule has 1 heterocycles. The first kappa shape index (κ1) is 15.0. The van der Waals surface area contributed by atoms with E-state index in [0.717, 1.165) is 35.2 Å². The van der Waals surface area contributed by atoms with Crippen LogP contribution in [0.3, 0.4) is 0 Å². The first-order chi connectivity index (χ1) is 9.19. The van der Waals surface area contributed by atoms with Crippen LogP contribution in [0, 0.1) is 17.8 Å². The van der Waals surface area contributed by atoms with Crippen molar-refractivity contribution in [2.75, 3.05) is 13.1 Å². The fourth-order valence-electron chi connectivity index (χ4n) is 3.21. The molecule has 19 heavy (non-hydrogen) atoms. The Labute approximate surface area is 125 Å². The van der Waals surface area contributed by atoms with Gasteiger partial charge in [-0.3, -0.25) is 4.98 Å². The van der Waals surface area contributed by atoms with E-state index in [9.17, 15) is 0 Å². The SMILES string of the molecule is CCNCC1CCC(C)CC1Cc1ccc(Br)cn1. The molecule has 0 bridgehead atoms. The molecule has 0 radical (unpaired) electrons. The van der Waals surface area contributed by atoms with E-state index in [1.165, 1.54) is 31.5 Å². The molecule has 2 nitrogen and oxygen atoms in total. The molecule has 1 aromatic heterocycles. The van der Waals surface area contributed by atoms with Gasteiger partial charge in [0.2, 0.25) is 0 Å². The van der Waals surface area contributed by atoms with Gasteiger partial charge in [0.15, 0.2) is 0 Å². The summed E-state index contributed by atoms with van der Waals surface area (Å²) in [6.07, 6.45) is 7.16. The lowest BCUT2D eigenvalue weighted by atomic mass is 9.72. The Morgan fingerprint density at radius 2 is 2.16 bits per heavy atom. The third-order valence-electron chi connectivity index (χ3n) is 4.32. The van der Waals surface area contributed by atoms with Crippen LogP contribution in [-0.4, -0.2) is 18.1 Å². The van der Waals surface area contributed by atoms with Crippen LogP contribution in [0.4, 0.5) is 0 Å². The van der Waals surface area contributed by atoms with Gasteiger partial charge in [0.1, 0.15) is 0 Å². The molecule has 1 saturated carbocycles. The van der Waals surface area contributed by atoms with Crippen LogP contribution < -0.4 is 5.32 Å². The molecule has 3 unspecified atom stereocenters. The number of halogens is 1. The van der Waals surface area contributed by atoms with Gasteiger partial charge in [-0.15, -0.1) is 0 Å². The Balaban J connectivity index is 1.98. The highest BCUT2D eigenvalue weighted by molar-refractivity contribution is 9.10. The van der Waals surface area contributed by atoms with Crippen molar-refractivity contribution < 1.29 is 0 Å². The summed E-state index contributed by atoms with van der Waals surface area (Å²) in [5.74, 6) is 2.48. The summed E-state index contributed by atoms with van der Waals surface area (Å²) < 4.78 is 1.07. The van der Waals surface area contributed by atoms with Crippen molar-refractivity contribution in [1.82, 2.24) is 10.3 Å². The van der Waals surface area contributed by atoms with Gasteiger partial charge in [0, 0.05) is 16.4 Å². The Morgan fingerprint density at radius 3 is 2.84 bits per heavy atom. The summed E-state index contributed by atoms with van der Waals surface area (Å²) in [4.78, 5) is 4.54. The standard InChI is InChI=1S/C16H25BrN2/c1-3-18-10-13-5-4-12(2)8-14(13)9-16-7-6-15(17)11-19-16/h6-7,11-14,18H,3-5,8-10H2,1-2H3. The van der Waals surface area contributed by atoms with E-state index in [-0.39, 0.29) is 0 Å². The third kappa shape index (κ3) is 4.57. The van der Waals surface area contributed by atoms with E-state index in [1.807, 2.05) is 6.20 Å². The maximum absolute atomic E-state index is 4.54. The molecule has 1 aliphatic rings. The maximum Gasteiger partial charge on any atom is 0.0413 e. The summed E-state index contributed by atoms with van der Waals surface area (Å²) >= 11 is 3.45. The number of nitrogens with one attached hydrogen (secondary N) is 1. The van der Waals surface area contributed by atoms with E-state index in [1.54, 1.807) is 0 Å². The van der Waals surface area contributed by atoms with Crippen molar-refractivity contribution in [2.45, 2.75) is 39.5 Å². The van der Waals surface area contributed by atoms with Gasteiger partial charge in [-0.25, -0.2) is 0 Å². The topological polar surface area (TPSA) is 24.9 Å². The molecular weight excluding hydrogens is 300 g/mol. The average molecular weight is 325 g/mol. The Kier molecular flexibility index (Phi) is 5.83. The third-order valence-corrected chi connectivity index (χ3v) is 4.79. The van der Waals surface area contributed by atoms with Crippen molar-refractivity contribution >= 4 is 15.9 Å². The molecule has 106 valence electrons. The number of nitrogens with zero attached hydrogens (tertiary/aromatic N) is 1. The summed E-state index contributed by atoms with van der Waals surface area (Å²) in [5, 5.41) is 3.53. The highest BCUT2D eigenvalue weighted by Gasteiger charge is 2.28. The number of rotatable bonds is 5. The molecule has 3 atom stereocenters. The Bertz CT molecular complexity index is 375. The molecule has 3 heteroatoms. The highest BCUT2D eigenvalue weighted by Crippen LogP contribution is 2.35. The molecular formula is C16H25BrN2. The molecule has 0 saturated heterocycles. The second kappa shape index (κ2) is 7.39. The zero-order chi connectivity index (χ0) is 13.7. The monoisotopic (exact) mass is 324 g/mol. The van der Waals surface area contributed by atoms with Crippen molar-refractivity contribution in [3.05, 3.63) is 28.5 Å². The average Bonchev–Trinajstić information content (AvgIpc) is 2.40.